The van der Waals surface area contributed by atoms with Crippen molar-refractivity contribution in [2.24, 2.45) is 12.8 Å². The summed E-state index contributed by atoms with van der Waals surface area (Å²) in [5.74, 6) is -1.00. The van der Waals surface area contributed by atoms with Gasteiger partial charge in [0, 0.05) is 30.8 Å². The van der Waals surface area contributed by atoms with Crippen LogP contribution in [0.3, 0.4) is 0 Å². The molecule has 1 aromatic heterocycles. The summed E-state index contributed by atoms with van der Waals surface area (Å²) in [6.45, 7) is 2.02. The molecule has 1 unspecified atom stereocenters. The largest absolute Gasteiger partial charge is 0.480 e. The highest BCUT2D eigenvalue weighted by molar-refractivity contribution is 5.74. The molecule has 0 radical (unpaired) electrons. The fourth-order valence-corrected chi connectivity index (χ4v) is 1.97. The predicted octanol–water partition coefficient (Wildman–Crippen LogP) is 1.35. The van der Waals surface area contributed by atoms with Crippen molar-refractivity contribution in [2.75, 3.05) is 0 Å². The van der Waals surface area contributed by atoms with Crippen LogP contribution in [-0.4, -0.2) is 26.9 Å². The molecule has 0 saturated carbocycles. The Morgan fingerprint density at radius 2 is 2.05 bits per heavy atom. The second-order valence-corrected chi connectivity index (χ2v) is 4.69. The molecule has 5 heteroatoms. The summed E-state index contributed by atoms with van der Waals surface area (Å²) in [7, 11) is 1.81. The van der Waals surface area contributed by atoms with E-state index in [0.717, 1.165) is 16.8 Å². The van der Waals surface area contributed by atoms with Gasteiger partial charge in [-0.25, -0.2) is 0 Å². The van der Waals surface area contributed by atoms with E-state index in [1.807, 2.05) is 44.4 Å². The van der Waals surface area contributed by atoms with Crippen LogP contribution in [0.15, 0.2) is 30.5 Å². The highest BCUT2D eigenvalue weighted by Gasteiger charge is 2.17. The highest BCUT2D eigenvalue weighted by Crippen LogP contribution is 2.23. The molecular weight excluding hydrogens is 242 g/mol. The van der Waals surface area contributed by atoms with Crippen LogP contribution in [0.2, 0.25) is 0 Å². The Balaban J connectivity index is 2.35. The molecule has 1 aromatic carbocycles. The standard InChI is InChI=1S/C14H17N3O2/c1-9-3-5-10(6-4-9)13-11(8-17(2)16-13)7-12(15)14(18)19/h3-6,8,12H,7,15H2,1-2H3,(H,18,19). The van der Waals surface area contributed by atoms with Crippen molar-refractivity contribution >= 4 is 5.97 Å². The fourth-order valence-electron chi connectivity index (χ4n) is 1.97. The zero-order valence-electron chi connectivity index (χ0n) is 11.0. The van der Waals surface area contributed by atoms with Crippen molar-refractivity contribution in [3.05, 3.63) is 41.6 Å². The summed E-state index contributed by atoms with van der Waals surface area (Å²) >= 11 is 0. The van der Waals surface area contributed by atoms with E-state index in [0.29, 0.717) is 0 Å². The predicted molar refractivity (Wildman–Crippen MR) is 72.7 cm³/mol. The maximum absolute atomic E-state index is 10.9. The van der Waals surface area contributed by atoms with Crippen molar-refractivity contribution in [3.8, 4) is 11.3 Å². The third-order valence-corrected chi connectivity index (χ3v) is 2.99. The maximum Gasteiger partial charge on any atom is 0.320 e. The SMILES string of the molecule is Cc1ccc(-c2nn(C)cc2CC(N)C(=O)O)cc1. The summed E-state index contributed by atoms with van der Waals surface area (Å²) in [5.41, 5.74) is 9.37. The number of aryl methyl sites for hydroxylation is 2. The van der Waals surface area contributed by atoms with E-state index in [4.69, 9.17) is 10.8 Å². The van der Waals surface area contributed by atoms with Gasteiger partial charge >= 0.3 is 5.97 Å². The molecular formula is C14H17N3O2. The summed E-state index contributed by atoms with van der Waals surface area (Å²) in [5, 5.41) is 13.3. The van der Waals surface area contributed by atoms with Crippen molar-refractivity contribution in [1.29, 1.82) is 0 Å². The van der Waals surface area contributed by atoms with Crippen LogP contribution < -0.4 is 5.73 Å². The molecule has 2 aromatic rings. The minimum absolute atomic E-state index is 0.270. The molecule has 0 saturated heterocycles. The van der Waals surface area contributed by atoms with E-state index in [1.54, 1.807) is 4.68 Å². The molecule has 0 aliphatic heterocycles. The summed E-state index contributed by atoms with van der Waals surface area (Å²) in [4.78, 5) is 10.9. The normalized spacial score (nSPS) is 12.4. The summed E-state index contributed by atoms with van der Waals surface area (Å²) in [6, 6.07) is 7.06. The van der Waals surface area contributed by atoms with Gasteiger partial charge in [0.15, 0.2) is 0 Å². The van der Waals surface area contributed by atoms with Gasteiger partial charge in [-0.1, -0.05) is 29.8 Å². The summed E-state index contributed by atoms with van der Waals surface area (Å²) < 4.78 is 1.68. The molecule has 1 heterocycles. The van der Waals surface area contributed by atoms with Crippen molar-refractivity contribution in [1.82, 2.24) is 9.78 Å². The van der Waals surface area contributed by atoms with Gasteiger partial charge in [0.25, 0.3) is 0 Å². The van der Waals surface area contributed by atoms with Crippen LogP contribution in [0, 0.1) is 6.92 Å². The first-order valence-corrected chi connectivity index (χ1v) is 6.05. The number of carboxylic acid groups (broad SMARTS) is 1. The van der Waals surface area contributed by atoms with E-state index in [9.17, 15) is 4.79 Å². The monoisotopic (exact) mass is 259 g/mol. The van der Waals surface area contributed by atoms with Crippen LogP contribution in [0.25, 0.3) is 11.3 Å². The van der Waals surface area contributed by atoms with E-state index in [1.165, 1.54) is 5.56 Å². The molecule has 5 nitrogen and oxygen atoms in total. The lowest BCUT2D eigenvalue weighted by atomic mass is 10.0. The first-order chi connectivity index (χ1) is 8.97. The topological polar surface area (TPSA) is 81.1 Å². The van der Waals surface area contributed by atoms with E-state index < -0.39 is 12.0 Å². The average Bonchev–Trinajstić information content (AvgIpc) is 2.71. The fraction of sp³-hybridized carbons (Fsp3) is 0.286. The van der Waals surface area contributed by atoms with Gasteiger partial charge in [-0.3, -0.25) is 9.48 Å². The number of carbonyl (C=O) groups is 1. The Labute approximate surface area is 111 Å². The van der Waals surface area contributed by atoms with Crippen LogP contribution in [0.5, 0.6) is 0 Å². The highest BCUT2D eigenvalue weighted by atomic mass is 16.4. The maximum atomic E-state index is 10.9. The van der Waals surface area contributed by atoms with Crippen LogP contribution in [0.1, 0.15) is 11.1 Å². The van der Waals surface area contributed by atoms with Gasteiger partial charge in [0.2, 0.25) is 0 Å². The minimum Gasteiger partial charge on any atom is -0.480 e. The molecule has 3 N–H and O–H groups in total. The van der Waals surface area contributed by atoms with Gasteiger partial charge in [-0.05, 0) is 6.92 Å². The number of hydrogen-bond donors (Lipinski definition) is 2. The number of hydrogen-bond acceptors (Lipinski definition) is 3. The second-order valence-electron chi connectivity index (χ2n) is 4.69. The Morgan fingerprint density at radius 3 is 2.63 bits per heavy atom. The molecule has 1 atom stereocenters. The van der Waals surface area contributed by atoms with Crippen molar-refractivity contribution in [3.63, 3.8) is 0 Å². The average molecular weight is 259 g/mol. The van der Waals surface area contributed by atoms with Gasteiger partial charge in [0.05, 0.1) is 5.69 Å². The number of nitrogens with zero attached hydrogens (tertiary/aromatic N) is 2. The molecule has 0 aliphatic carbocycles. The lowest BCUT2D eigenvalue weighted by Crippen LogP contribution is -2.32. The van der Waals surface area contributed by atoms with Gasteiger partial charge < -0.3 is 10.8 Å². The molecule has 0 aliphatic rings. The third-order valence-electron chi connectivity index (χ3n) is 2.99. The lowest BCUT2D eigenvalue weighted by Gasteiger charge is -2.06. The number of carboxylic acids is 1. The number of benzene rings is 1. The molecule has 0 spiro atoms. The Morgan fingerprint density at radius 1 is 1.42 bits per heavy atom. The third kappa shape index (κ3) is 3.00. The van der Waals surface area contributed by atoms with Crippen LogP contribution in [0.4, 0.5) is 0 Å². The van der Waals surface area contributed by atoms with Crippen molar-refractivity contribution in [2.45, 2.75) is 19.4 Å². The molecule has 0 bridgehead atoms. The summed E-state index contributed by atoms with van der Waals surface area (Å²) in [6.07, 6.45) is 2.09. The Hall–Kier alpha value is -2.14. The smallest absolute Gasteiger partial charge is 0.320 e. The van der Waals surface area contributed by atoms with E-state index in [-0.39, 0.29) is 6.42 Å². The first kappa shape index (κ1) is 13.3. The number of nitrogens with two attached hydrogens (primary N) is 1. The first-order valence-electron chi connectivity index (χ1n) is 6.05. The molecule has 100 valence electrons. The number of aliphatic carboxylic acids is 1. The number of aromatic nitrogens is 2. The molecule has 0 fully saturated rings. The Kier molecular flexibility index (Phi) is 3.66. The van der Waals surface area contributed by atoms with Gasteiger partial charge in [-0.15, -0.1) is 0 Å². The van der Waals surface area contributed by atoms with E-state index in [2.05, 4.69) is 5.10 Å². The molecule has 19 heavy (non-hydrogen) atoms. The van der Waals surface area contributed by atoms with E-state index >= 15 is 0 Å². The van der Waals surface area contributed by atoms with Gasteiger partial charge in [0.1, 0.15) is 6.04 Å². The quantitative estimate of drug-likeness (QED) is 0.868. The molecule has 0 amide bonds. The lowest BCUT2D eigenvalue weighted by molar-refractivity contribution is -0.138. The van der Waals surface area contributed by atoms with Gasteiger partial charge in [-0.2, -0.15) is 5.10 Å². The number of rotatable bonds is 4. The van der Waals surface area contributed by atoms with Crippen molar-refractivity contribution < 1.29 is 9.90 Å². The minimum atomic E-state index is -1.00. The Bertz CT molecular complexity index is 587. The second kappa shape index (κ2) is 5.24. The zero-order chi connectivity index (χ0) is 14.0. The van der Waals surface area contributed by atoms with Crippen LogP contribution >= 0.6 is 0 Å². The zero-order valence-corrected chi connectivity index (χ0v) is 11.0. The molecule has 2 rings (SSSR count). The van der Waals surface area contributed by atoms with Crippen LogP contribution in [-0.2, 0) is 18.3 Å².